The lowest BCUT2D eigenvalue weighted by atomic mass is 10.0. The number of hydrogen-bond donors (Lipinski definition) is 1. The molecule has 5 heteroatoms. The zero-order valence-electron chi connectivity index (χ0n) is 12.6. The van der Waals surface area contributed by atoms with Crippen LogP contribution < -0.4 is 5.32 Å². The number of rotatable bonds is 5. The Balaban J connectivity index is 1.66. The first-order valence-electron chi connectivity index (χ1n) is 7.81. The van der Waals surface area contributed by atoms with E-state index in [9.17, 15) is 0 Å². The number of benzene rings is 1. The van der Waals surface area contributed by atoms with Gasteiger partial charge in [-0.15, -0.1) is 5.10 Å². The van der Waals surface area contributed by atoms with Crippen molar-refractivity contribution in [2.24, 2.45) is 0 Å². The molecule has 1 aliphatic rings. The lowest BCUT2D eigenvalue weighted by Gasteiger charge is -2.33. The van der Waals surface area contributed by atoms with Crippen LogP contribution in [0.2, 0.25) is 0 Å². The van der Waals surface area contributed by atoms with Crippen LogP contribution in [0.3, 0.4) is 0 Å². The number of nitrogens with zero attached hydrogens (tertiary/aromatic N) is 4. The average molecular weight is 285 g/mol. The molecule has 1 N–H and O–H groups in total. The number of aromatic nitrogens is 3. The molecule has 3 rings (SSSR count). The van der Waals surface area contributed by atoms with E-state index in [1.807, 2.05) is 16.9 Å². The Bertz CT molecular complexity index is 544. The van der Waals surface area contributed by atoms with Crippen LogP contribution in [0.15, 0.2) is 36.7 Å². The van der Waals surface area contributed by atoms with Crippen molar-refractivity contribution >= 4 is 5.69 Å². The molecule has 1 saturated heterocycles. The average Bonchev–Trinajstić information content (AvgIpc) is 3.04. The van der Waals surface area contributed by atoms with Crippen LogP contribution in [0.1, 0.15) is 26.2 Å². The Morgan fingerprint density at radius 3 is 2.76 bits per heavy atom. The first-order valence-corrected chi connectivity index (χ1v) is 7.81. The number of hydrogen-bond acceptors (Lipinski definition) is 4. The summed E-state index contributed by atoms with van der Waals surface area (Å²) in [4.78, 5) is 2.56. The largest absolute Gasteiger partial charge is 0.380 e. The van der Waals surface area contributed by atoms with Crippen molar-refractivity contribution in [3.05, 3.63) is 36.7 Å². The van der Waals surface area contributed by atoms with Crippen molar-refractivity contribution in [1.29, 1.82) is 0 Å². The van der Waals surface area contributed by atoms with E-state index in [-0.39, 0.29) is 0 Å². The molecule has 0 saturated carbocycles. The van der Waals surface area contributed by atoms with Gasteiger partial charge in [-0.2, -0.15) is 0 Å². The summed E-state index contributed by atoms with van der Waals surface area (Å²) in [5.41, 5.74) is 2.20. The minimum Gasteiger partial charge on any atom is -0.380 e. The summed E-state index contributed by atoms with van der Waals surface area (Å²) >= 11 is 0. The maximum atomic E-state index is 4.10. The molecule has 1 aromatic heterocycles. The Morgan fingerprint density at radius 2 is 2.05 bits per heavy atom. The van der Waals surface area contributed by atoms with Crippen molar-refractivity contribution in [1.82, 2.24) is 19.9 Å². The monoisotopic (exact) mass is 285 g/mol. The number of piperidine rings is 1. The highest BCUT2D eigenvalue weighted by Gasteiger charge is 2.19. The molecule has 0 atom stereocenters. The normalized spacial score (nSPS) is 17.0. The Kier molecular flexibility index (Phi) is 4.50. The number of para-hydroxylation sites is 2. The highest BCUT2D eigenvalue weighted by molar-refractivity contribution is 5.60. The van der Waals surface area contributed by atoms with Crippen LogP contribution in [-0.2, 0) is 0 Å². The summed E-state index contributed by atoms with van der Waals surface area (Å²) < 4.78 is 1.81. The van der Waals surface area contributed by atoms with Gasteiger partial charge in [-0.1, -0.05) is 24.3 Å². The SMILES string of the molecule is CCCN1CCC(Nc2ccccc2-n2ccnn2)CC1. The smallest absolute Gasteiger partial charge is 0.0894 e. The fraction of sp³-hybridized carbons (Fsp3) is 0.500. The van der Waals surface area contributed by atoms with Gasteiger partial charge in [0.2, 0.25) is 0 Å². The van der Waals surface area contributed by atoms with Gasteiger partial charge in [0.15, 0.2) is 0 Å². The predicted octanol–water partition coefficient (Wildman–Crippen LogP) is 2.55. The highest BCUT2D eigenvalue weighted by Crippen LogP contribution is 2.22. The van der Waals surface area contributed by atoms with Gasteiger partial charge in [-0.25, -0.2) is 4.68 Å². The topological polar surface area (TPSA) is 46.0 Å². The van der Waals surface area contributed by atoms with Crippen molar-refractivity contribution in [2.45, 2.75) is 32.2 Å². The second kappa shape index (κ2) is 6.72. The molecular formula is C16H23N5. The summed E-state index contributed by atoms with van der Waals surface area (Å²) in [5, 5.41) is 11.7. The highest BCUT2D eigenvalue weighted by atomic mass is 15.4. The summed E-state index contributed by atoms with van der Waals surface area (Å²) in [6, 6.07) is 8.84. The fourth-order valence-corrected chi connectivity index (χ4v) is 2.97. The fourth-order valence-electron chi connectivity index (χ4n) is 2.97. The second-order valence-electron chi connectivity index (χ2n) is 5.63. The molecule has 0 unspecified atom stereocenters. The van der Waals surface area contributed by atoms with Crippen LogP contribution in [0.4, 0.5) is 5.69 Å². The van der Waals surface area contributed by atoms with Gasteiger partial charge in [0.25, 0.3) is 0 Å². The predicted molar refractivity (Wildman–Crippen MR) is 84.7 cm³/mol. The molecule has 112 valence electrons. The second-order valence-corrected chi connectivity index (χ2v) is 5.63. The maximum Gasteiger partial charge on any atom is 0.0894 e. The Labute approximate surface area is 126 Å². The minimum absolute atomic E-state index is 0.544. The minimum atomic E-state index is 0.544. The van der Waals surface area contributed by atoms with Crippen LogP contribution >= 0.6 is 0 Å². The van der Waals surface area contributed by atoms with Crippen molar-refractivity contribution in [2.75, 3.05) is 25.0 Å². The molecule has 0 bridgehead atoms. The van der Waals surface area contributed by atoms with E-state index in [4.69, 9.17) is 0 Å². The van der Waals surface area contributed by atoms with E-state index in [1.54, 1.807) is 6.20 Å². The Hall–Kier alpha value is -1.88. The quantitative estimate of drug-likeness (QED) is 0.917. The molecular weight excluding hydrogens is 262 g/mol. The molecule has 2 aromatic rings. The third kappa shape index (κ3) is 3.42. The molecule has 0 spiro atoms. The standard InChI is InChI=1S/C16H23N5/c1-2-10-20-11-7-14(8-12-20)18-15-5-3-4-6-16(15)21-13-9-17-19-21/h3-6,9,13-14,18H,2,7-8,10-12H2,1H3. The van der Waals surface area contributed by atoms with E-state index in [1.165, 1.54) is 38.9 Å². The van der Waals surface area contributed by atoms with E-state index < -0.39 is 0 Å². The van der Waals surface area contributed by atoms with Crippen LogP contribution in [-0.4, -0.2) is 45.6 Å². The van der Waals surface area contributed by atoms with Crippen LogP contribution in [0, 0.1) is 0 Å². The molecule has 1 aromatic carbocycles. The van der Waals surface area contributed by atoms with Gasteiger partial charge in [-0.3, -0.25) is 0 Å². The molecule has 1 fully saturated rings. The third-order valence-electron chi connectivity index (χ3n) is 4.06. The molecule has 1 aliphatic heterocycles. The first-order chi connectivity index (χ1) is 10.4. The zero-order chi connectivity index (χ0) is 14.5. The molecule has 0 amide bonds. The number of likely N-dealkylation sites (tertiary alicyclic amines) is 1. The summed E-state index contributed by atoms with van der Waals surface area (Å²) in [7, 11) is 0. The van der Waals surface area contributed by atoms with Crippen LogP contribution in [0.25, 0.3) is 5.69 Å². The molecule has 5 nitrogen and oxygen atoms in total. The molecule has 21 heavy (non-hydrogen) atoms. The van der Waals surface area contributed by atoms with E-state index in [0.717, 1.165) is 11.4 Å². The maximum absolute atomic E-state index is 4.10. The van der Waals surface area contributed by atoms with E-state index in [2.05, 4.69) is 45.7 Å². The van der Waals surface area contributed by atoms with E-state index >= 15 is 0 Å². The molecule has 0 radical (unpaired) electrons. The van der Waals surface area contributed by atoms with Crippen LogP contribution in [0.5, 0.6) is 0 Å². The zero-order valence-corrected chi connectivity index (χ0v) is 12.6. The van der Waals surface area contributed by atoms with E-state index in [0.29, 0.717) is 6.04 Å². The number of nitrogens with one attached hydrogen (secondary N) is 1. The summed E-state index contributed by atoms with van der Waals surface area (Å²) in [6.07, 6.45) is 7.23. The lowest BCUT2D eigenvalue weighted by molar-refractivity contribution is 0.219. The van der Waals surface area contributed by atoms with Crippen molar-refractivity contribution < 1.29 is 0 Å². The lowest BCUT2D eigenvalue weighted by Crippen LogP contribution is -2.39. The number of anilines is 1. The molecule has 0 aliphatic carbocycles. The van der Waals surface area contributed by atoms with Gasteiger partial charge in [0.1, 0.15) is 0 Å². The van der Waals surface area contributed by atoms with Gasteiger partial charge >= 0.3 is 0 Å². The van der Waals surface area contributed by atoms with Gasteiger partial charge in [-0.05, 0) is 37.9 Å². The van der Waals surface area contributed by atoms with Gasteiger partial charge in [0, 0.05) is 19.1 Å². The van der Waals surface area contributed by atoms with Crippen molar-refractivity contribution in [3.63, 3.8) is 0 Å². The Morgan fingerprint density at radius 1 is 1.24 bits per heavy atom. The molecule has 2 heterocycles. The third-order valence-corrected chi connectivity index (χ3v) is 4.06. The van der Waals surface area contributed by atoms with Crippen molar-refractivity contribution in [3.8, 4) is 5.69 Å². The van der Waals surface area contributed by atoms with Gasteiger partial charge < -0.3 is 10.2 Å². The first kappa shape index (κ1) is 14.1. The summed E-state index contributed by atoms with van der Waals surface area (Å²) in [5.74, 6) is 0. The van der Waals surface area contributed by atoms with Gasteiger partial charge in [0.05, 0.1) is 23.8 Å². The summed E-state index contributed by atoms with van der Waals surface area (Å²) in [6.45, 7) is 5.86.